The Morgan fingerprint density at radius 1 is 0.491 bits per heavy atom. The molecular weight excluding hydrogens is 697 g/mol. The topological polar surface area (TPSA) is 55.1 Å². The molecule has 0 aliphatic heterocycles. The highest BCUT2D eigenvalue weighted by molar-refractivity contribution is 6.16. The largest absolute Gasteiger partial charge is 0.456 e. The van der Waals surface area contributed by atoms with Gasteiger partial charge in [-0.15, -0.1) is 0 Å². The first-order chi connectivity index (χ1) is 28.2. The number of aromatic nitrogens is 1. The number of fused-ring (bicyclic) bond motifs is 6. The van der Waals surface area contributed by atoms with E-state index < -0.39 is 0 Å². The summed E-state index contributed by atoms with van der Waals surface area (Å²) >= 11 is 0. The van der Waals surface area contributed by atoms with Crippen LogP contribution in [0.25, 0.3) is 71.7 Å². The highest BCUT2D eigenvalue weighted by Crippen LogP contribution is 2.40. The van der Waals surface area contributed by atoms with E-state index in [2.05, 4.69) is 144 Å². The van der Waals surface area contributed by atoms with E-state index in [0.29, 0.717) is 18.2 Å². The minimum atomic E-state index is 0.467. The molecule has 0 saturated carbocycles. The van der Waals surface area contributed by atoms with Crippen LogP contribution in [0.5, 0.6) is 0 Å². The fraction of sp³-hybridized carbons (Fsp3) is 0.0192. The van der Waals surface area contributed by atoms with Crippen LogP contribution in [0, 0.1) is 0 Å². The molecule has 0 radical (unpaired) electrons. The van der Waals surface area contributed by atoms with Gasteiger partial charge in [-0.2, -0.15) is 0 Å². The zero-order valence-corrected chi connectivity index (χ0v) is 31.1. The maximum Gasteiger partial charge on any atom is 0.161 e. The second-order valence-electron chi connectivity index (χ2n) is 14.1. The van der Waals surface area contributed by atoms with Crippen molar-refractivity contribution in [3.8, 4) is 27.9 Å². The number of para-hydroxylation sites is 2. The van der Waals surface area contributed by atoms with Crippen molar-refractivity contribution in [3.05, 3.63) is 211 Å². The van der Waals surface area contributed by atoms with Gasteiger partial charge >= 0.3 is 0 Å². The lowest BCUT2D eigenvalue weighted by Crippen LogP contribution is -2.07. The van der Waals surface area contributed by atoms with Gasteiger partial charge < -0.3 is 8.98 Å². The first-order valence-corrected chi connectivity index (χ1v) is 19.1. The zero-order valence-electron chi connectivity index (χ0n) is 31.1. The molecule has 0 saturated heterocycles. The van der Waals surface area contributed by atoms with Crippen LogP contribution in [0.3, 0.4) is 0 Å². The lowest BCUT2D eigenvalue weighted by Gasteiger charge is -2.12. The van der Waals surface area contributed by atoms with Crippen LogP contribution in [-0.2, 0) is 6.54 Å². The van der Waals surface area contributed by atoms with Gasteiger partial charge in [0.25, 0.3) is 0 Å². The smallest absolute Gasteiger partial charge is 0.161 e. The molecule has 2 heterocycles. The van der Waals surface area contributed by atoms with Crippen LogP contribution in [0.1, 0.15) is 16.7 Å². The lowest BCUT2D eigenvalue weighted by atomic mass is 9.98. The van der Waals surface area contributed by atoms with E-state index >= 15 is 0 Å². The third kappa shape index (κ3) is 6.31. The fourth-order valence-corrected chi connectivity index (χ4v) is 7.92. The fourth-order valence-electron chi connectivity index (χ4n) is 7.92. The van der Waals surface area contributed by atoms with Gasteiger partial charge in [-0.25, -0.2) is 9.98 Å². The first kappa shape index (κ1) is 33.9. The average Bonchev–Trinajstić information content (AvgIpc) is 3.83. The molecule has 10 rings (SSSR count). The lowest BCUT2D eigenvalue weighted by molar-refractivity contribution is 0.669. The quantitative estimate of drug-likeness (QED) is 0.119. The van der Waals surface area contributed by atoms with E-state index in [1.165, 1.54) is 10.8 Å². The minimum Gasteiger partial charge on any atom is -0.456 e. The summed E-state index contributed by atoms with van der Waals surface area (Å²) in [6, 6.07) is 67.3. The molecule has 5 heteroatoms. The van der Waals surface area contributed by atoms with Crippen LogP contribution in [0.15, 0.2) is 214 Å². The summed E-state index contributed by atoms with van der Waals surface area (Å²) in [4.78, 5) is 14.7. The van der Waals surface area contributed by atoms with Crippen LogP contribution < -0.4 is 0 Å². The molecule has 270 valence electrons. The van der Waals surface area contributed by atoms with Crippen LogP contribution in [0.4, 0.5) is 0 Å². The van der Waals surface area contributed by atoms with Crippen molar-refractivity contribution in [2.24, 2.45) is 15.0 Å². The molecule has 0 bridgehead atoms. The van der Waals surface area contributed by atoms with E-state index in [9.17, 15) is 0 Å². The molecule has 0 fully saturated rings. The third-order valence-corrected chi connectivity index (χ3v) is 10.6. The van der Waals surface area contributed by atoms with Gasteiger partial charge in [-0.1, -0.05) is 146 Å². The number of hydrogen-bond donors (Lipinski definition) is 0. The number of furan rings is 1. The van der Waals surface area contributed by atoms with Crippen LogP contribution >= 0.6 is 0 Å². The number of rotatable bonds is 7. The average molecular weight is 733 g/mol. The Kier molecular flexibility index (Phi) is 8.65. The van der Waals surface area contributed by atoms with Gasteiger partial charge in [0, 0.05) is 38.4 Å². The van der Waals surface area contributed by atoms with Crippen molar-refractivity contribution in [1.29, 1.82) is 0 Å². The van der Waals surface area contributed by atoms with Gasteiger partial charge in [0.15, 0.2) is 11.7 Å². The molecule has 0 atom stereocenters. The molecule has 0 aliphatic rings. The van der Waals surface area contributed by atoms with E-state index in [0.717, 1.165) is 77.6 Å². The highest BCUT2D eigenvalue weighted by Gasteiger charge is 2.17. The van der Waals surface area contributed by atoms with E-state index in [-0.39, 0.29) is 0 Å². The first-order valence-electron chi connectivity index (χ1n) is 19.1. The third-order valence-electron chi connectivity index (χ3n) is 10.6. The summed E-state index contributed by atoms with van der Waals surface area (Å²) < 4.78 is 8.59. The molecule has 0 unspecified atom stereocenters. The van der Waals surface area contributed by atoms with Crippen molar-refractivity contribution in [1.82, 2.24) is 4.57 Å². The molecular formula is C52H36N4O. The summed E-state index contributed by atoms with van der Waals surface area (Å²) in [5.74, 6) is 1.09. The van der Waals surface area contributed by atoms with Crippen molar-refractivity contribution in [2.75, 3.05) is 0 Å². The maximum atomic E-state index is 6.25. The van der Waals surface area contributed by atoms with E-state index in [4.69, 9.17) is 14.4 Å². The molecule has 57 heavy (non-hydrogen) atoms. The van der Waals surface area contributed by atoms with Crippen molar-refractivity contribution in [2.45, 2.75) is 6.54 Å². The highest BCUT2D eigenvalue weighted by atomic mass is 16.3. The number of hydrogen-bond acceptors (Lipinski definition) is 2. The van der Waals surface area contributed by atoms with E-state index in [1.807, 2.05) is 66.7 Å². The predicted octanol–water partition coefficient (Wildman–Crippen LogP) is 13.1. The molecule has 8 aromatic carbocycles. The summed E-state index contributed by atoms with van der Waals surface area (Å²) in [6.45, 7) is 4.41. The van der Waals surface area contributed by atoms with Gasteiger partial charge in [-0.3, -0.25) is 4.99 Å². The SMILES string of the molecule is C=NC(=NC(=NCc1ccccc1)c1cccc(-n2c3ccccc3c3cc(-c4cccc5oc6ccccc6c45)ccc32)c1)c1cccc(-c2ccccc2)c1. The molecule has 0 spiro atoms. The Balaban J connectivity index is 1.10. The van der Waals surface area contributed by atoms with Crippen molar-refractivity contribution < 1.29 is 4.42 Å². The maximum absolute atomic E-state index is 6.25. The standard InChI is InChI=1S/C52H36N4O/c1-53-51(39-20-12-19-37(31-39)36-17-6-3-7-18-36)55-52(54-34-35-15-4-2-5-16-35)40-21-13-22-41(32-40)56-46-26-10-8-23-43(46)45-33-38(29-30-47(45)56)42-25-14-28-49-50(42)44-24-9-11-27-48(44)57-49/h2-33H,1,34H2. The number of amidine groups is 2. The van der Waals surface area contributed by atoms with Gasteiger partial charge in [-0.05, 0) is 83.1 Å². The minimum absolute atomic E-state index is 0.467. The van der Waals surface area contributed by atoms with Crippen molar-refractivity contribution >= 4 is 62.1 Å². The normalized spacial score (nSPS) is 12.2. The van der Waals surface area contributed by atoms with E-state index in [1.54, 1.807) is 0 Å². The van der Waals surface area contributed by atoms with Gasteiger partial charge in [0.05, 0.1) is 17.6 Å². The summed E-state index contributed by atoms with van der Waals surface area (Å²) in [7, 11) is 0. The summed E-state index contributed by atoms with van der Waals surface area (Å²) in [5, 5.41) is 4.60. The number of aliphatic imine (C=N–C) groups is 3. The Morgan fingerprint density at radius 2 is 1.16 bits per heavy atom. The van der Waals surface area contributed by atoms with Gasteiger partial charge in [0.1, 0.15) is 11.2 Å². The molecule has 0 N–H and O–H groups in total. The molecule has 2 aromatic heterocycles. The molecule has 5 nitrogen and oxygen atoms in total. The molecule has 0 amide bonds. The van der Waals surface area contributed by atoms with Crippen molar-refractivity contribution in [3.63, 3.8) is 0 Å². The Bertz CT molecular complexity index is 3170. The molecule has 0 aliphatic carbocycles. The summed E-state index contributed by atoms with van der Waals surface area (Å²) in [6.07, 6.45) is 0. The number of benzene rings is 8. The number of nitrogens with zero attached hydrogens (tertiary/aromatic N) is 4. The Hall–Kier alpha value is -7.63. The predicted molar refractivity (Wildman–Crippen MR) is 238 cm³/mol. The second-order valence-corrected chi connectivity index (χ2v) is 14.1. The zero-order chi connectivity index (χ0) is 38.1. The van der Waals surface area contributed by atoms with Crippen LogP contribution in [0.2, 0.25) is 0 Å². The second kappa shape index (κ2) is 14.5. The Labute approximate surface area is 330 Å². The van der Waals surface area contributed by atoms with Gasteiger partial charge in [0.2, 0.25) is 0 Å². The van der Waals surface area contributed by atoms with Crippen LogP contribution in [-0.4, -0.2) is 23.0 Å². The summed E-state index contributed by atoms with van der Waals surface area (Å²) in [5.41, 5.74) is 12.4. The monoisotopic (exact) mass is 732 g/mol. The molecule has 10 aromatic rings. The Morgan fingerprint density at radius 3 is 2.00 bits per heavy atom.